The summed E-state index contributed by atoms with van der Waals surface area (Å²) in [4.78, 5) is 163. The van der Waals surface area contributed by atoms with E-state index in [0.717, 1.165) is 32.4 Å². The molecular weight excluding hydrogens is 1330 g/mol. The van der Waals surface area contributed by atoms with Gasteiger partial charge in [0.2, 0.25) is 53.2 Å². The molecule has 35 nitrogen and oxygen atoms in total. The van der Waals surface area contributed by atoms with Gasteiger partial charge in [-0.05, 0) is 124 Å². The van der Waals surface area contributed by atoms with Crippen LogP contribution in [0.25, 0.3) is 10.8 Å². The van der Waals surface area contributed by atoms with Gasteiger partial charge in [-0.3, -0.25) is 63.1 Å². The molecule has 2 aliphatic rings. The van der Waals surface area contributed by atoms with E-state index < -0.39 is 120 Å². The number of aliphatic carboxylic acids is 1. The third kappa shape index (κ3) is 28.2. The Morgan fingerprint density at radius 1 is 0.570 bits per heavy atom. The molecule has 5 rings (SSSR count). The summed E-state index contributed by atoms with van der Waals surface area (Å²) in [6, 6.07) is 4.31. The Morgan fingerprint density at radius 2 is 1.12 bits per heavy atom. The van der Waals surface area contributed by atoms with Crippen LogP contribution in [0.2, 0.25) is 0 Å². The van der Waals surface area contributed by atoms with E-state index in [4.69, 9.17) is 57.3 Å². The van der Waals surface area contributed by atoms with Crippen molar-refractivity contribution in [3.63, 3.8) is 0 Å². The van der Waals surface area contributed by atoms with Crippen LogP contribution >= 0.6 is 21.6 Å². The lowest BCUT2D eigenvalue weighted by Crippen LogP contribution is -2.61. The van der Waals surface area contributed by atoms with Crippen LogP contribution < -0.4 is 99.9 Å². The zero-order valence-corrected chi connectivity index (χ0v) is 57.3. The number of nitrogens with one attached hydrogen (secondary N) is 8. The Hall–Kier alpha value is -9.88. The molecule has 37 heteroatoms. The molecule has 30 N–H and O–H groups in total. The summed E-state index contributed by atoms with van der Waals surface area (Å²) >= 11 is 0. The molecule has 0 spiro atoms. The molecule has 0 aromatic heterocycles. The van der Waals surface area contributed by atoms with Crippen LogP contribution in [0, 0.1) is 0 Å². The van der Waals surface area contributed by atoms with E-state index in [2.05, 4.69) is 62.5 Å². The normalized spacial score (nSPS) is 19.8. The number of hydrogen-bond acceptors (Lipinski definition) is 19. The Morgan fingerprint density at radius 3 is 1.75 bits per heavy atom. The molecule has 0 radical (unpaired) electrons. The number of amides is 9. The van der Waals surface area contributed by atoms with E-state index >= 15 is 14.4 Å². The molecule has 10 atom stereocenters. The van der Waals surface area contributed by atoms with Gasteiger partial charge in [-0.2, -0.15) is 0 Å². The van der Waals surface area contributed by atoms with Crippen molar-refractivity contribution in [1.29, 1.82) is 0 Å². The van der Waals surface area contributed by atoms with Gasteiger partial charge in [0.05, 0.1) is 6.04 Å². The van der Waals surface area contributed by atoms with E-state index in [9.17, 15) is 43.8 Å². The zero-order valence-electron chi connectivity index (χ0n) is 55.7. The lowest BCUT2D eigenvalue weighted by atomic mass is 10.00. The van der Waals surface area contributed by atoms with Gasteiger partial charge >= 0.3 is 5.97 Å². The third-order valence-electron chi connectivity index (χ3n) is 16.1. The fourth-order valence-electron chi connectivity index (χ4n) is 10.9. The van der Waals surface area contributed by atoms with Crippen molar-refractivity contribution in [1.82, 2.24) is 47.4 Å². The highest BCUT2D eigenvalue weighted by atomic mass is 33.1. The minimum Gasteiger partial charge on any atom is -0.508 e. The number of guanidine groups is 4. The maximum atomic E-state index is 15.4. The molecule has 3 aromatic carbocycles. The Balaban J connectivity index is 1.64. The number of benzene rings is 3. The number of carboxylic acids is 1. The maximum absolute atomic E-state index is 15.4. The fourth-order valence-corrected chi connectivity index (χ4v) is 13.2. The summed E-state index contributed by atoms with van der Waals surface area (Å²) in [5, 5.41) is 44.0. The van der Waals surface area contributed by atoms with Crippen LogP contribution in [-0.4, -0.2) is 209 Å². The second kappa shape index (κ2) is 42.2. The minimum atomic E-state index is -1.64. The van der Waals surface area contributed by atoms with Crippen molar-refractivity contribution in [3.8, 4) is 5.75 Å². The smallest absolute Gasteiger partial charge is 0.326 e. The fraction of sp³-hybridized carbons (Fsp3) is 0.524. The highest BCUT2D eigenvalue weighted by molar-refractivity contribution is 8.76. The second-order valence-corrected chi connectivity index (χ2v) is 26.6. The van der Waals surface area contributed by atoms with Gasteiger partial charge in [-0.1, -0.05) is 76.2 Å². The molecule has 2 saturated heterocycles. The van der Waals surface area contributed by atoms with Crippen LogP contribution in [0.1, 0.15) is 94.6 Å². The van der Waals surface area contributed by atoms with Crippen molar-refractivity contribution in [2.45, 2.75) is 157 Å². The second-order valence-electron chi connectivity index (χ2n) is 24.0. The van der Waals surface area contributed by atoms with Crippen LogP contribution in [0.4, 0.5) is 0 Å². The van der Waals surface area contributed by atoms with E-state index in [1.54, 1.807) is 12.1 Å². The van der Waals surface area contributed by atoms with Gasteiger partial charge in [-0.15, -0.1) is 0 Å². The van der Waals surface area contributed by atoms with Crippen molar-refractivity contribution in [3.05, 3.63) is 77.9 Å². The van der Waals surface area contributed by atoms with Gasteiger partial charge < -0.3 is 115 Å². The number of carbonyl (C=O) groups excluding carboxylic acids is 9. The summed E-state index contributed by atoms with van der Waals surface area (Å²) < 4.78 is 0. The van der Waals surface area contributed by atoms with Crippen LogP contribution in [-0.2, 0) is 60.8 Å². The molecule has 100 heavy (non-hydrogen) atoms. The molecule has 0 saturated carbocycles. The first kappa shape index (κ1) is 80.8. The Kier molecular flexibility index (Phi) is 34.1. The molecule has 548 valence electrons. The van der Waals surface area contributed by atoms with E-state index in [0.29, 0.717) is 36.8 Å². The molecular formula is C63H97N23O12S2. The monoisotopic (exact) mass is 1430 g/mol. The molecule has 2 fully saturated rings. The first-order valence-electron chi connectivity index (χ1n) is 32.9. The number of hydrogen-bond donors (Lipinski definition) is 20. The predicted molar refractivity (Wildman–Crippen MR) is 383 cm³/mol. The number of unbranched alkanes of at least 4 members (excludes halogenated alkanes) is 1. The average molecular weight is 1430 g/mol. The summed E-state index contributed by atoms with van der Waals surface area (Å²) in [6.07, 6.45) is 1.23. The van der Waals surface area contributed by atoms with Gasteiger partial charge in [0.1, 0.15) is 60.1 Å². The summed E-state index contributed by atoms with van der Waals surface area (Å²) in [6.45, 7) is 0.506. The topological polar surface area (TPSA) is 620 Å². The third-order valence-corrected chi connectivity index (χ3v) is 18.6. The van der Waals surface area contributed by atoms with Gasteiger partial charge in [0.15, 0.2) is 23.8 Å². The molecule has 0 bridgehead atoms. The number of phenolic OH excluding ortho intramolecular Hbond substituents is 1. The van der Waals surface area contributed by atoms with Gasteiger partial charge in [-0.25, -0.2) is 4.79 Å². The quantitative estimate of drug-likeness (QED) is 0.0118. The van der Waals surface area contributed by atoms with Crippen molar-refractivity contribution >= 4 is 115 Å². The number of aliphatic imine (C=N–C) groups is 4. The van der Waals surface area contributed by atoms with E-state index in [1.807, 2.05) is 30.3 Å². The number of phenols is 1. The SMILES string of the molecule is NCCCC[C@H]1NC(=O)[C@H](Cc2ccc(O)cc2)NC(=O)[C@@H](NC(=O)[C@H](Cc2ccc3ccccc3c2)NC(=O)[C@H](CCCN=C(N)N)NC(=O)[C@@H](N)CCCN=C(N)N)CSSC[C@@H](C(=O)N[C@@H](CCCN=C(N)N)C(=O)O)NC(=O)[C@H](CCCN=C(N)N)NC(=O)[C@@H]2CCCN2C1=O. The number of nitrogens with zero attached hydrogens (tertiary/aromatic N) is 5. The Labute approximate surface area is 586 Å². The first-order valence-corrected chi connectivity index (χ1v) is 35.4. The standard InChI is InChI=1S/C63H97N23O12S2/c64-24-4-3-13-43-58(96)86-29-9-17-49(86)57(95)79-42(15-7-27-76-62(70)71)52(90)84-47(55(93)81-44(59(97)98)16-8-28-77-63(72)73)33-99-100-34-48(56(94)83-45(53(91)80-43)31-35-19-22-39(87)23-20-35)85-54(92)46(32-36-18-21-37-10-1-2-11-38(37)30-36)82-51(89)41(14-6-26-75-61(68)69)78-50(88)40(65)12-5-25-74-60(66)67/h1-2,10-11,18-23,30,40-49,87H,3-9,12-17,24-29,31-34,64-65H2,(H,78,88)(H,79,95)(H,80,91)(H,81,93)(H,82,89)(H,83,94)(H,84,90)(H,85,92)(H,97,98)(H4,66,67,74)(H4,68,69,75)(H4,70,71,76)(H4,72,73,77)/t40-,41-,42-,43+,44-,45-,46-,47-,48-,49-/m0/s1. The molecule has 3 aromatic rings. The number of fused-ring (bicyclic) bond motifs is 2. The van der Waals surface area contributed by atoms with E-state index in [1.165, 1.54) is 29.2 Å². The van der Waals surface area contributed by atoms with E-state index in [-0.39, 0.29) is 151 Å². The van der Waals surface area contributed by atoms with Crippen molar-refractivity contribution in [2.75, 3.05) is 50.8 Å². The molecule has 9 amide bonds. The van der Waals surface area contributed by atoms with Crippen LogP contribution in [0.3, 0.4) is 0 Å². The first-order chi connectivity index (χ1) is 47.7. The molecule has 0 unspecified atom stereocenters. The van der Waals surface area contributed by atoms with Crippen molar-refractivity contribution < 1.29 is 58.2 Å². The summed E-state index contributed by atoms with van der Waals surface area (Å²) in [5.41, 5.74) is 57.5. The van der Waals surface area contributed by atoms with Gasteiger partial charge in [0, 0.05) is 57.1 Å². The number of carbonyl (C=O) groups is 10. The lowest BCUT2D eigenvalue weighted by molar-refractivity contribution is -0.143. The van der Waals surface area contributed by atoms with Crippen LogP contribution in [0.5, 0.6) is 5.75 Å². The minimum absolute atomic E-state index is 0.00641. The number of nitrogens with two attached hydrogens (primary N) is 10. The number of rotatable bonds is 33. The predicted octanol–water partition coefficient (Wildman–Crippen LogP) is -4.65. The van der Waals surface area contributed by atoms with Gasteiger partial charge in [0.25, 0.3) is 0 Å². The highest BCUT2D eigenvalue weighted by Gasteiger charge is 2.41. The zero-order chi connectivity index (χ0) is 73.3. The molecule has 0 aliphatic carbocycles. The highest BCUT2D eigenvalue weighted by Crippen LogP contribution is 2.26. The van der Waals surface area contributed by atoms with Crippen molar-refractivity contribution in [2.24, 2.45) is 77.3 Å². The lowest BCUT2D eigenvalue weighted by Gasteiger charge is -2.31. The molecule has 2 aliphatic heterocycles. The largest absolute Gasteiger partial charge is 0.508 e. The average Bonchev–Trinajstić information content (AvgIpc) is 1.54. The van der Waals surface area contributed by atoms with Crippen LogP contribution in [0.15, 0.2) is 86.7 Å². The number of aromatic hydroxyl groups is 1. The summed E-state index contributed by atoms with van der Waals surface area (Å²) in [5.74, 6) is -10.8. The molecule has 2 heterocycles. The maximum Gasteiger partial charge on any atom is 0.326 e. The summed E-state index contributed by atoms with van der Waals surface area (Å²) in [7, 11) is 1.81. The number of carboxylic acid groups (broad SMARTS) is 1. The Bertz CT molecular complexity index is 3390.